The van der Waals surface area contributed by atoms with Gasteiger partial charge in [0.15, 0.2) is 0 Å². The minimum Gasteiger partial charge on any atom is -0.327 e. The van der Waals surface area contributed by atoms with Crippen LogP contribution in [-0.4, -0.2) is 9.55 Å². The van der Waals surface area contributed by atoms with Gasteiger partial charge in [0, 0.05) is 6.54 Å². The third kappa shape index (κ3) is 2.25. The smallest absolute Gasteiger partial charge is 0.127 e. The molecule has 0 amide bonds. The Hall–Kier alpha value is -1.42. The van der Waals surface area contributed by atoms with E-state index in [-0.39, 0.29) is 11.9 Å². The quantitative estimate of drug-likeness (QED) is 0.904. The van der Waals surface area contributed by atoms with Crippen molar-refractivity contribution in [1.82, 2.24) is 9.55 Å². The molecule has 0 saturated carbocycles. The van der Waals surface area contributed by atoms with E-state index in [4.69, 9.17) is 5.73 Å². The molecular formula is C14H20FN3. The van der Waals surface area contributed by atoms with Crippen LogP contribution in [0.25, 0.3) is 11.0 Å². The second-order valence-electron chi connectivity index (χ2n) is 5.02. The summed E-state index contributed by atoms with van der Waals surface area (Å²) >= 11 is 0. The fraction of sp³-hybridized carbons (Fsp3) is 0.500. The Balaban J connectivity index is 2.61. The number of imidazole rings is 1. The van der Waals surface area contributed by atoms with Crippen LogP contribution in [-0.2, 0) is 6.54 Å². The number of aryl methyl sites for hydroxylation is 1. The lowest BCUT2D eigenvalue weighted by Crippen LogP contribution is -2.21. The summed E-state index contributed by atoms with van der Waals surface area (Å²) in [6.45, 7) is 7.05. The Morgan fingerprint density at radius 3 is 2.72 bits per heavy atom. The van der Waals surface area contributed by atoms with Crippen LogP contribution in [0.3, 0.4) is 0 Å². The predicted molar refractivity (Wildman–Crippen MR) is 71.7 cm³/mol. The summed E-state index contributed by atoms with van der Waals surface area (Å²) in [6, 6.07) is 4.57. The molecule has 2 N–H and O–H groups in total. The molecule has 98 valence electrons. The molecule has 1 unspecified atom stereocenters. The maximum absolute atomic E-state index is 13.4. The average molecular weight is 249 g/mol. The maximum Gasteiger partial charge on any atom is 0.127 e. The summed E-state index contributed by atoms with van der Waals surface area (Å²) < 4.78 is 15.4. The number of rotatable bonds is 4. The molecule has 2 aromatic rings. The first-order chi connectivity index (χ1) is 8.54. The van der Waals surface area contributed by atoms with Crippen molar-refractivity contribution in [2.75, 3.05) is 0 Å². The number of benzene rings is 1. The van der Waals surface area contributed by atoms with Crippen molar-refractivity contribution in [2.45, 2.75) is 39.8 Å². The first kappa shape index (κ1) is 13.0. The molecule has 4 heteroatoms. The molecule has 0 bridgehead atoms. The van der Waals surface area contributed by atoms with E-state index in [1.54, 1.807) is 6.07 Å². The van der Waals surface area contributed by atoms with Crippen LogP contribution in [0.15, 0.2) is 18.2 Å². The maximum atomic E-state index is 13.4. The van der Waals surface area contributed by atoms with Crippen LogP contribution >= 0.6 is 0 Å². The molecule has 1 aromatic carbocycles. The van der Waals surface area contributed by atoms with Crippen molar-refractivity contribution >= 4 is 11.0 Å². The molecule has 18 heavy (non-hydrogen) atoms. The van der Waals surface area contributed by atoms with Crippen LogP contribution in [0.1, 0.15) is 39.1 Å². The number of fused-ring (bicyclic) bond motifs is 1. The van der Waals surface area contributed by atoms with Gasteiger partial charge in [-0.2, -0.15) is 0 Å². The van der Waals surface area contributed by atoms with Crippen LogP contribution in [0.5, 0.6) is 0 Å². The molecule has 1 atom stereocenters. The monoisotopic (exact) mass is 249 g/mol. The predicted octanol–water partition coefficient (Wildman–Crippen LogP) is 3.24. The van der Waals surface area contributed by atoms with Crippen molar-refractivity contribution in [3.8, 4) is 0 Å². The first-order valence-electron chi connectivity index (χ1n) is 6.45. The molecule has 2 rings (SSSR count). The fourth-order valence-corrected chi connectivity index (χ4v) is 2.13. The number of nitrogens with zero attached hydrogens (tertiary/aromatic N) is 2. The molecule has 0 aliphatic carbocycles. The molecule has 0 aliphatic heterocycles. The van der Waals surface area contributed by atoms with Gasteiger partial charge in [0.1, 0.15) is 11.6 Å². The topological polar surface area (TPSA) is 43.8 Å². The van der Waals surface area contributed by atoms with Crippen LogP contribution in [0, 0.1) is 11.7 Å². The van der Waals surface area contributed by atoms with E-state index in [0.717, 1.165) is 29.8 Å². The Morgan fingerprint density at radius 2 is 2.11 bits per heavy atom. The van der Waals surface area contributed by atoms with E-state index in [1.165, 1.54) is 12.1 Å². The second-order valence-corrected chi connectivity index (χ2v) is 5.02. The lowest BCUT2D eigenvalue weighted by Gasteiger charge is -2.17. The van der Waals surface area contributed by atoms with Crippen LogP contribution < -0.4 is 5.73 Å². The van der Waals surface area contributed by atoms with E-state index < -0.39 is 0 Å². The van der Waals surface area contributed by atoms with E-state index in [9.17, 15) is 4.39 Å². The number of hydrogen-bond acceptors (Lipinski definition) is 2. The number of aromatic nitrogens is 2. The Labute approximate surface area is 107 Å². The van der Waals surface area contributed by atoms with E-state index in [2.05, 4.69) is 25.8 Å². The fourth-order valence-electron chi connectivity index (χ4n) is 2.13. The second kappa shape index (κ2) is 5.06. The van der Waals surface area contributed by atoms with Gasteiger partial charge < -0.3 is 10.3 Å². The minimum absolute atomic E-state index is 0.119. The summed E-state index contributed by atoms with van der Waals surface area (Å²) in [5, 5.41) is 0. The number of nitrogens with two attached hydrogens (primary N) is 1. The largest absolute Gasteiger partial charge is 0.327 e. The Kier molecular flexibility index (Phi) is 3.66. The van der Waals surface area contributed by atoms with Gasteiger partial charge in [-0.25, -0.2) is 9.37 Å². The highest BCUT2D eigenvalue weighted by Gasteiger charge is 2.19. The standard InChI is InChI=1S/C14H20FN3/c1-4-7-18-12-8-10(15)5-6-11(12)17-14(18)13(16)9(2)3/h5-6,8-9,13H,4,7,16H2,1-3H3. The normalized spacial score (nSPS) is 13.4. The lowest BCUT2D eigenvalue weighted by molar-refractivity contribution is 0.467. The molecule has 0 saturated heterocycles. The highest BCUT2D eigenvalue weighted by Crippen LogP contribution is 2.24. The zero-order valence-electron chi connectivity index (χ0n) is 11.2. The third-order valence-electron chi connectivity index (χ3n) is 3.20. The highest BCUT2D eigenvalue weighted by molar-refractivity contribution is 5.76. The summed E-state index contributed by atoms with van der Waals surface area (Å²) in [7, 11) is 0. The third-order valence-corrected chi connectivity index (χ3v) is 3.20. The first-order valence-corrected chi connectivity index (χ1v) is 6.45. The molecule has 1 heterocycles. The van der Waals surface area contributed by atoms with Crippen molar-refractivity contribution in [1.29, 1.82) is 0 Å². The van der Waals surface area contributed by atoms with E-state index in [0.29, 0.717) is 5.92 Å². The number of halogens is 1. The average Bonchev–Trinajstić information content (AvgIpc) is 2.67. The highest BCUT2D eigenvalue weighted by atomic mass is 19.1. The van der Waals surface area contributed by atoms with Gasteiger partial charge in [-0.15, -0.1) is 0 Å². The zero-order valence-corrected chi connectivity index (χ0v) is 11.2. The van der Waals surface area contributed by atoms with E-state index in [1.807, 2.05) is 4.57 Å². The van der Waals surface area contributed by atoms with Crippen LogP contribution in [0.4, 0.5) is 4.39 Å². The molecule has 0 spiro atoms. The lowest BCUT2D eigenvalue weighted by atomic mass is 10.1. The van der Waals surface area contributed by atoms with Gasteiger partial charge in [0.25, 0.3) is 0 Å². The SMILES string of the molecule is CCCn1c(C(N)C(C)C)nc2ccc(F)cc21. The van der Waals surface area contributed by atoms with E-state index >= 15 is 0 Å². The molecular weight excluding hydrogens is 229 g/mol. The summed E-state index contributed by atoms with van der Waals surface area (Å²) in [5.74, 6) is 0.930. The molecule has 1 aromatic heterocycles. The summed E-state index contributed by atoms with van der Waals surface area (Å²) in [4.78, 5) is 4.56. The van der Waals surface area contributed by atoms with Crippen molar-refractivity contribution < 1.29 is 4.39 Å². The van der Waals surface area contributed by atoms with Gasteiger partial charge in [-0.3, -0.25) is 0 Å². The molecule has 0 aliphatic rings. The Bertz CT molecular complexity index is 545. The molecule has 0 radical (unpaired) electrons. The van der Waals surface area contributed by atoms with Crippen molar-refractivity contribution in [3.63, 3.8) is 0 Å². The van der Waals surface area contributed by atoms with Gasteiger partial charge in [-0.1, -0.05) is 20.8 Å². The van der Waals surface area contributed by atoms with Gasteiger partial charge in [-0.05, 0) is 30.5 Å². The Morgan fingerprint density at radius 1 is 1.39 bits per heavy atom. The van der Waals surface area contributed by atoms with Crippen molar-refractivity contribution in [3.05, 3.63) is 29.8 Å². The summed E-state index contributed by atoms with van der Waals surface area (Å²) in [5.41, 5.74) is 7.85. The van der Waals surface area contributed by atoms with Gasteiger partial charge in [0.05, 0.1) is 17.1 Å². The number of hydrogen-bond donors (Lipinski definition) is 1. The molecule has 3 nitrogen and oxygen atoms in total. The summed E-state index contributed by atoms with van der Waals surface area (Å²) in [6.07, 6.45) is 0.972. The minimum atomic E-state index is -0.232. The molecule has 0 fully saturated rings. The van der Waals surface area contributed by atoms with Gasteiger partial charge in [0.2, 0.25) is 0 Å². The van der Waals surface area contributed by atoms with Gasteiger partial charge >= 0.3 is 0 Å². The zero-order chi connectivity index (χ0) is 13.3. The van der Waals surface area contributed by atoms with Crippen LogP contribution in [0.2, 0.25) is 0 Å². The van der Waals surface area contributed by atoms with Crippen molar-refractivity contribution in [2.24, 2.45) is 11.7 Å².